The van der Waals surface area contributed by atoms with Gasteiger partial charge in [-0.15, -0.1) is 11.3 Å². The van der Waals surface area contributed by atoms with Gasteiger partial charge in [0.2, 0.25) is 0 Å². The quantitative estimate of drug-likeness (QED) is 0.359. The molecule has 0 aliphatic heterocycles. The van der Waals surface area contributed by atoms with Gasteiger partial charge in [-0.25, -0.2) is 0 Å². The van der Waals surface area contributed by atoms with Gasteiger partial charge in [-0.1, -0.05) is 62.4 Å². The Morgan fingerprint density at radius 3 is 2.12 bits per heavy atom. The average Bonchev–Trinajstić information content (AvgIpc) is 3.23. The number of thiophene rings is 1. The molecule has 0 bridgehead atoms. The van der Waals surface area contributed by atoms with Crippen molar-refractivity contribution in [2.24, 2.45) is 5.92 Å². The number of nitrogens with one attached hydrogen (secondary N) is 1. The normalized spacial score (nSPS) is 11.7. The standard InChI is InChI=1S/C27H29N3O2S/c1-17(2)14-23(27(32)30(5)16-28)29-26(31)24-15-22(20-12-8-6-10-18(20)3)25(33-24)21-13-9-7-11-19(21)4/h6-13,15,17,23H,14H2,1-5H3,(H,29,31)/t23-/m0/s1. The van der Waals surface area contributed by atoms with Gasteiger partial charge >= 0.3 is 0 Å². The van der Waals surface area contributed by atoms with E-state index < -0.39 is 11.9 Å². The van der Waals surface area contributed by atoms with E-state index in [4.69, 9.17) is 5.26 Å². The Morgan fingerprint density at radius 2 is 1.58 bits per heavy atom. The summed E-state index contributed by atoms with van der Waals surface area (Å²) >= 11 is 1.42. The molecule has 0 aliphatic rings. The minimum absolute atomic E-state index is 0.180. The lowest BCUT2D eigenvalue weighted by Crippen LogP contribution is -2.46. The van der Waals surface area contributed by atoms with Crippen LogP contribution in [0.25, 0.3) is 21.6 Å². The first-order valence-electron chi connectivity index (χ1n) is 11.0. The highest BCUT2D eigenvalue weighted by molar-refractivity contribution is 7.18. The van der Waals surface area contributed by atoms with Crippen LogP contribution in [0.1, 0.15) is 41.1 Å². The van der Waals surface area contributed by atoms with Gasteiger partial charge in [-0.3, -0.25) is 14.5 Å². The Bertz CT molecular complexity index is 1140. The number of hydrogen-bond acceptors (Lipinski definition) is 4. The lowest BCUT2D eigenvalue weighted by Gasteiger charge is -2.21. The SMILES string of the molecule is Cc1ccccc1-c1cc(C(=O)N[C@@H](CC(C)C)C(=O)N(C)C#N)sc1-c1ccccc1C. The van der Waals surface area contributed by atoms with Crippen LogP contribution in [-0.2, 0) is 4.79 Å². The summed E-state index contributed by atoms with van der Waals surface area (Å²) in [5.74, 6) is -0.533. The third-order valence-electron chi connectivity index (χ3n) is 5.57. The maximum absolute atomic E-state index is 13.3. The molecule has 0 fully saturated rings. The molecular weight excluding hydrogens is 430 g/mol. The largest absolute Gasteiger partial charge is 0.339 e. The van der Waals surface area contributed by atoms with E-state index in [9.17, 15) is 9.59 Å². The van der Waals surface area contributed by atoms with Crippen LogP contribution in [0.4, 0.5) is 0 Å². The smallest absolute Gasteiger partial charge is 0.262 e. The molecule has 0 radical (unpaired) electrons. The highest BCUT2D eigenvalue weighted by atomic mass is 32.1. The van der Waals surface area contributed by atoms with E-state index >= 15 is 0 Å². The highest BCUT2D eigenvalue weighted by Crippen LogP contribution is 2.41. The van der Waals surface area contributed by atoms with Crippen molar-refractivity contribution in [3.05, 3.63) is 70.6 Å². The second-order valence-corrected chi connectivity index (χ2v) is 9.69. The van der Waals surface area contributed by atoms with Crippen LogP contribution in [0.15, 0.2) is 54.6 Å². The van der Waals surface area contributed by atoms with Gasteiger partial charge in [0.15, 0.2) is 6.19 Å². The minimum atomic E-state index is -0.756. The monoisotopic (exact) mass is 459 g/mol. The lowest BCUT2D eigenvalue weighted by atomic mass is 9.96. The van der Waals surface area contributed by atoms with Crippen molar-refractivity contribution in [1.29, 1.82) is 5.26 Å². The molecule has 1 N–H and O–H groups in total. The number of nitriles is 1. The number of nitrogens with zero attached hydrogens (tertiary/aromatic N) is 2. The molecule has 5 nitrogen and oxygen atoms in total. The molecule has 3 rings (SSSR count). The number of hydrogen-bond donors (Lipinski definition) is 1. The summed E-state index contributed by atoms with van der Waals surface area (Å²) in [6, 6.07) is 17.4. The summed E-state index contributed by atoms with van der Waals surface area (Å²) in [6.45, 7) is 8.09. The van der Waals surface area contributed by atoms with Crippen molar-refractivity contribution in [3.63, 3.8) is 0 Å². The maximum Gasteiger partial charge on any atom is 0.262 e. The fraction of sp³-hybridized carbons (Fsp3) is 0.296. The van der Waals surface area contributed by atoms with Crippen LogP contribution in [0.3, 0.4) is 0 Å². The highest BCUT2D eigenvalue weighted by Gasteiger charge is 2.27. The second kappa shape index (κ2) is 10.5. The Labute approximate surface area is 199 Å². The molecule has 2 aromatic carbocycles. The molecule has 33 heavy (non-hydrogen) atoms. The maximum atomic E-state index is 13.3. The van der Waals surface area contributed by atoms with Gasteiger partial charge in [0.25, 0.3) is 11.8 Å². The molecule has 1 atom stereocenters. The Morgan fingerprint density at radius 1 is 1.00 bits per heavy atom. The fourth-order valence-corrected chi connectivity index (χ4v) is 4.98. The summed E-state index contributed by atoms with van der Waals surface area (Å²) in [6.07, 6.45) is 2.29. The van der Waals surface area contributed by atoms with Crippen LogP contribution in [-0.4, -0.2) is 29.8 Å². The van der Waals surface area contributed by atoms with Crippen molar-refractivity contribution in [2.75, 3.05) is 7.05 Å². The molecule has 0 spiro atoms. The van der Waals surface area contributed by atoms with E-state index in [-0.39, 0.29) is 11.8 Å². The van der Waals surface area contributed by atoms with Gasteiger partial charge in [0.05, 0.1) is 4.88 Å². The van der Waals surface area contributed by atoms with Gasteiger partial charge < -0.3 is 5.32 Å². The third kappa shape index (κ3) is 5.50. The second-order valence-electron chi connectivity index (χ2n) is 8.64. The van der Waals surface area contributed by atoms with Crippen LogP contribution < -0.4 is 5.32 Å². The summed E-state index contributed by atoms with van der Waals surface area (Å²) in [5, 5.41) is 12.0. The minimum Gasteiger partial charge on any atom is -0.339 e. The van der Waals surface area contributed by atoms with E-state index in [2.05, 4.69) is 43.4 Å². The van der Waals surface area contributed by atoms with Gasteiger partial charge in [-0.2, -0.15) is 5.26 Å². The Kier molecular flexibility index (Phi) is 7.67. The molecule has 0 aliphatic carbocycles. The first-order chi connectivity index (χ1) is 15.7. The predicted molar refractivity (Wildman–Crippen MR) is 134 cm³/mol. The number of likely N-dealkylation sites (N-methyl/N-ethyl adjacent to an activating group) is 1. The summed E-state index contributed by atoms with van der Waals surface area (Å²) in [7, 11) is 1.42. The van der Waals surface area contributed by atoms with Gasteiger partial charge in [0.1, 0.15) is 6.04 Å². The Balaban J connectivity index is 2.04. The zero-order valence-electron chi connectivity index (χ0n) is 19.7. The molecule has 170 valence electrons. The topological polar surface area (TPSA) is 73.2 Å². The van der Waals surface area contributed by atoms with Crippen molar-refractivity contribution >= 4 is 23.2 Å². The molecular formula is C27H29N3O2S. The molecule has 0 saturated carbocycles. The van der Waals surface area contributed by atoms with Crippen molar-refractivity contribution < 1.29 is 9.59 Å². The van der Waals surface area contributed by atoms with E-state index in [1.807, 2.05) is 50.4 Å². The number of rotatable bonds is 7. The Hall–Kier alpha value is -3.43. The van der Waals surface area contributed by atoms with Crippen molar-refractivity contribution in [1.82, 2.24) is 10.2 Å². The van der Waals surface area contributed by atoms with Gasteiger partial charge in [0, 0.05) is 17.5 Å². The molecule has 1 aromatic heterocycles. The van der Waals surface area contributed by atoms with Crippen LogP contribution in [0.2, 0.25) is 0 Å². The first-order valence-corrected chi connectivity index (χ1v) is 11.8. The number of benzene rings is 2. The summed E-state index contributed by atoms with van der Waals surface area (Å²) in [4.78, 5) is 28.5. The molecule has 6 heteroatoms. The number of aryl methyl sites for hydroxylation is 2. The average molecular weight is 460 g/mol. The van der Waals surface area contributed by atoms with Crippen LogP contribution in [0, 0.1) is 31.2 Å². The van der Waals surface area contributed by atoms with E-state index in [0.29, 0.717) is 11.3 Å². The van der Waals surface area contributed by atoms with Crippen LogP contribution in [0.5, 0.6) is 0 Å². The molecule has 0 unspecified atom stereocenters. The molecule has 2 amide bonds. The third-order valence-corrected chi connectivity index (χ3v) is 6.74. The van der Waals surface area contributed by atoms with Crippen molar-refractivity contribution in [2.45, 2.75) is 40.2 Å². The molecule has 1 heterocycles. The van der Waals surface area contributed by atoms with E-state index in [1.165, 1.54) is 18.4 Å². The zero-order valence-corrected chi connectivity index (χ0v) is 20.5. The molecule has 0 saturated heterocycles. The predicted octanol–water partition coefficient (Wildman–Crippen LogP) is 5.78. The van der Waals surface area contributed by atoms with Crippen LogP contribution >= 0.6 is 11.3 Å². The molecule has 3 aromatic rings. The number of amides is 2. The van der Waals surface area contributed by atoms with E-state index in [1.54, 1.807) is 0 Å². The lowest BCUT2D eigenvalue weighted by molar-refractivity contribution is -0.129. The summed E-state index contributed by atoms with van der Waals surface area (Å²) in [5.41, 5.74) is 5.41. The van der Waals surface area contributed by atoms with Crippen molar-refractivity contribution in [3.8, 4) is 27.8 Å². The van der Waals surface area contributed by atoms with Gasteiger partial charge in [-0.05, 0) is 54.5 Å². The van der Waals surface area contributed by atoms with E-state index in [0.717, 1.165) is 37.6 Å². The number of carbonyl (C=O) groups is 2. The first kappa shape index (κ1) is 24.2. The number of carbonyl (C=O) groups excluding carboxylic acids is 2. The fourth-order valence-electron chi connectivity index (χ4n) is 3.81. The zero-order chi connectivity index (χ0) is 24.1. The summed E-state index contributed by atoms with van der Waals surface area (Å²) < 4.78 is 0.